The molecule has 0 saturated heterocycles. The minimum atomic E-state index is -0.761. The van der Waals surface area contributed by atoms with Crippen molar-refractivity contribution in [2.45, 2.75) is 36.7 Å². The molecule has 20 heavy (non-hydrogen) atoms. The normalized spacial score (nSPS) is 21.6. The highest BCUT2D eigenvalue weighted by Crippen LogP contribution is 2.37. The van der Waals surface area contributed by atoms with E-state index in [2.05, 4.69) is 24.4 Å². The van der Waals surface area contributed by atoms with E-state index in [0.29, 0.717) is 11.8 Å². The number of hydrogen-bond acceptors (Lipinski definition) is 4. The SMILES string of the molecule is COc1ccc2c(c1)C(NC(C)CS(C)=O)CCCS2. The third kappa shape index (κ3) is 4.24. The summed E-state index contributed by atoms with van der Waals surface area (Å²) in [5.74, 6) is 2.76. The number of thioether (sulfide) groups is 1. The van der Waals surface area contributed by atoms with Gasteiger partial charge >= 0.3 is 0 Å². The van der Waals surface area contributed by atoms with E-state index >= 15 is 0 Å². The highest BCUT2D eigenvalue weighted by molar-refractivity contribution is 7.99. The zero-order valence-corrected chi connectivity index (χ0v) is 14.0. The van der Waals surface area contributed by atoms with Gasteiger partial charge in [-0.05, 0) is 49.3 Å². The van der Waals surface area contributed by atoms with E-state index in [-0.39, 0.29) is 6.04 Å². The van der Waals surface area contributed by atoms with Crippen LogP contribution in [0.25, 0.3) is 0 Å². The van der Waals surface area contributed by atoms with Gasteiger partial charge in [0.2, 0.25) is 0 Å². The molecule has 0 aliphatic carbocycles. The zero-order valence-electron chi connectivity index (χ0n) is 12.3. The van der Waals surface area contributed by atoms with Crippen LogP contribution in [0.5, 0.6) is 5.75 Å². The molecule has 3 unspecified atom stereocenters. The summed E-state index contributed by atoms with van der Waals surface area (Å²) in [6, 6.07) is 6.91. The van der Waals surface area contributed by atoms with Crippen molar-refractivity contribution in [2.24, 2.45) is 0 Å². The lowest BCUT2D eigenvalue weighted by Crippen LogP contribution is -2.34. The second-order valence-corrected chi connectivity index (χ2v) is 7.87. The van der Waals surface area contributed by atoms with E-state index in [0.717, 1.165) is 17.9 Å². The third-order valence-corrected chi connectivity index (χ3v) is 5.60. The summed E-state index contributed by atoms with van der Waals surface area (Å²) in [6.07, 6.45) is 4.08. The molecule has 1 N–H and O–H groups in total. The lowest BCUT2D eigenvalue weighted by Gasteiger charge is -2.23. The van der Waals surface area contributed by atoms with Gasteiger partial charge in [-0.1, -0.05) is 0 Å². The third-order valence-electron chi connectivity index (χ3n) is 3.46. The minimum Gasteiger partial charge on any atom is -0.497 e. The first-order valence-corrected chi connectivity index (χ1v) is 9.68. The van der Waals surface area contributed by atoms with Crippen LogP contribution in [0, 0.1) is 0 Å². The second-order valence-electron chi connectivity index (χ2n) is 5.25. The molecule has 1 aliphatic rings. The first-order chi connectivity index (χ1) is 9.60. The van der Waals surface area contributed by atoms with Gasteiger partial charge in [-0.3, -0.25) is 4.21 Å². The molecular weight excluding hydrogens is 290 g/mol. The molecule has 1 aliphatic heterocycles. The molecule has 1 aromatic rings. The van der Waals surface area contributed by atoms with Gasteiger partial charge in [0, 0.05) is 39.8 Å². The van der Waals surface area contributed by atoms with Crippen molar-refractivity contribution in [1.29, 1.82) is 0 Å². The van der Waals surface area contributed by atoms with E-state index in [4.69, 9.17) is 4.74 Å². The molecule has 0 spiro atoms. The van der Waals surface area contributed by atoms with Crippen LogP contribution < -0.4 is 10.1 Å². The van der Waals surface area contributed by atoms with Gasteiger partial charge in [0.05, 0.1) is 7.11 Å². The Bertz CT molecular complexity index is 479. The summed E-state index contributed by atoms with van der Waals surface area (Å²) in [5, 5.41) is 3.64. The summed E-state index contributed by atoms with van der Waals surface area (Å²) < 4.78 is 16.7. The van der Waals surface area contributed by atoms with Crippen LogP contribution in [-0.2, 0) is 10.8 Å². The Morgan fingerprint density at radius 2 is 2.35 bits per heavy atom. The molecule has 0 fully saturated rings. The molecule has 0 amide bonds. The number of methoxy groups -OCH3 is 1. The fourth-order valence-electron chi connectivity index (χ4n) is 2.60. The summed E-state index contributed by atoms with van der Waals surface area (Å²) >= 11 is 1.92. The Morgan fingerprint density at radius 3 is 3.05 bits per heavy atom. The Balaban J connectivity index is 2.19. The van der Waals surface area contributed by atoms with Crippen LogP contribution in [-0.4, -0.2) is 35.1 Å². The Morgan fingerprint density at radius 1 is 1.55 bits per heavy atom. The molecule has 0 aromatic heterocycles. The maximum absolute atomic E-state index is 11.4. The van der Waals surface area contributed by atoms with Crippen molar-refractivity contribution in [3.8, 4) is 5.75 Å². The highest BCUT2D eigenvalue weighted by atomic mass is 32.2. The lowest BCUT2D eigenvalue weighted by molar-refractivity contribution is 0.409. The van der Waals surface area contributed by atoms with Crippen molar-refractivity contribution < 1.29 is 8.95 Å². The fraction of sp³-hybridized carbons (Fsp3) is 0.600. The van der Waals surface area contributed by atoms with Gasteiger partial charge in [-0.25, -0.2) is 0 Å². The molecule has 2 rings (SSSR count). The van der Waals surface area contributed by atoms with Crippen LogP contribution in [0.3, 0.4) is 0 Å². The van der Waals surface area contributed by atoms with Crippen molar-refractivity contribution in [2.75, 3.05) is 24.9 Å². The first kappa shape index (κ1) is 15.9. The molecule has 3 nitrogen and oxygen atoms in total. The van der Waals surface area contributed by atoms with Crippen LogP contribution in [0.15, 0.2) is 23.1 Å². The molecule has 3 atom stereocenters. The molecule has 112 valence electrons. The summed E-state index contributed by atoms with van der Waals surface area (Å²) in [6.45, 7) is 2.11. The molecule has 1 heterocycles. The number of hydrogen-bond donors (Lipinski definition) is 1. The summed E-state index contributed by atoms with van der Waals surface area (Å²) in [5.41, 5.74) is 1.32. The van der Waals surface area contributed by atoms with E-state index in [1.807, 2.05) is 17.8 Å². The molecule has 0 saturated carbocycles. The van der Waals surface area contributed by atoms with E-state index in [1.54, 1.807) is 13.4 Å². The van der Waals surface area contributed by atoms with Crippen LogP contribution in [0.1, 0.15) is 31.4 Å². The van der Waals surface area contributed by atoms with Crippen LogP contribution >= 0.6 is 11.8 Å². The number of benzene rings is 1. The van der Waals surface area contributed by atoms with Gasteiger partial charge in [-0.15, -0.1) is 11.8 Å². The van der Waals surface area contributed by atoms with Gasteiger partial charge in [-0.2, -0.15) is 0 Å². The smallest absolute Gasteiger partial charge is 0.119 e. The summed E-state index contributed by atoms with van der Waals surface area (Å²) in [4.78, 5) is 1.34. The maximum atomic E-state index is 11.4. The predicted molar refractivity (Wildman–Crippen MR) is 87.2 cm³/mol. The van der Waals surface area contributed by atoms with Gasteiger partial charge in [0.15, 0.2) is 0 Å². The average Bonchev–Trinajstić information content (AvgIpc) is 2.60. The van der Waals surface area contributed by atoms with Gasteiger partial charge in [0.1, 0.15) is 5.75 Å². The van der Waals surface area contributed by atoms with Crippen LogP contribution in [0.4, 0.5) is 0 Å². The van der Waals surface area contributed by atoms with Crippen molar-refractivity contribution in [3.05, 3.63) is 23.8 Å². The largest absolute Gasteiger partial charge is 0.497 e. The Hall–Kier alpha value is -0.520. The van der Waals surface area contributed by atoms with Crippen molar-refractivity contribution in [1.82, 2.24) is 5.32 Å². The zero-order chi connectivity index (χ0) is 14.5. The molecule has 5 heteroatoms. The lowest BCUT2D eigenvalue weighted by atomic mass is 10.0. The van der Waals surface area contributed by atoms with Crippen molar-refractivity contribution in [3.63, 3.8) is 0 Å². The van der Waals surface area contributed by atoms with Crippen molar-refractivity contribution >= 4 is 22.6 Å². The topological polar surface area (TPSA) is 38.3 Å². The summed E-state index contributed by atoms with van der Waals surface area (Å²) in [7, 11) is 0.945. The Kier molecular flexibility index (Phi) is 5.93. The van der Waals surface area contributed by atoms with Gasteiger partial charge < -0.3 is 10.1 Å². The number of ether oxygens (including phenoxy) is 1. The quantitative estimate of drug-likeness (QED) is 0.907. The van der Waals surface area contributed by atoms with E-state index < -0.39 is 10.8 Å². The number of nitrogens with one attached hydrogen (secondary N) is 1. The molecular formula is C15H23NO2S2. The predicted octanol–water partition coefficient (Wildman–Crippen LogP) is 2.98. The Labute approximate surface area is 128 Å². The molecule has 1 aromatic carbocycles. The minimum absolute atomic E-state index is 0.257. The number of fused-ring (bicyclic) bond motifs is 1. The fourth-order valence-corrected chi connectivity index (χ4v) is 4.46. The van der Waals surface area contributed by atoms with E-state index in [1.165, 1.54) is 16.9 Å². The monoisotopic (exact) mass is 313 g/mol. The van der Waals surface area contributed by atoms with E-state index in [9.17, 15) is 4.21 Å². The second kappa shape index (κ2) is 7.48. The van der Waals surface area contributed by atoms with Crippen LogP contribution in [0.2, 0.25) is 0 Å². The average molecular weight is 313 g/mol. The standard InChI is InChI=1S/C15H23NO2S2/c1-11(10-20(3)17)16-14-5-4-8-19-15-7-6-12(18-2)9-13(14)15/h6-7,9,11,14,16H,4-5,8,10H2,1-3H3. The first-order valence-electron chi connectivity index (χ1n) is 6.97. The number of rotatable bonds is 5. The molecule has 0 radical (unpaired) electrons. The highest BCUT2D eigenvalue weighted by Gasteiger charge is 2.21. The van der Waals surface area contributed by atoms with Gasteiger partial charge in [0.25, 0.3) is 0 Å². The molecule has 0 bridgehead atoms. The maximum Gasteiger partial charge on any atom is 0.119 e.